The van der Waals surface area contributed by atoms with E-state index in [1.165, 1.54) is 13.8 Å². The molecule has 1 aromatic heterocycles. The molecule has 0 spiro atoms. The van der Waals surface area contributed by atoms with Crippen molar-refractivity contribution in [3.05, 3.63) is 11.4 Å². The van der Waals surface area contributed by atoms with E-state index in [1.54, 1.807) is 6.92 Å². The van der Waals surface area contributed by atoms with Crippen molar-refractivity contribution in [3.8, 4) is 0 Å². The Labute approximate surface area is 75.6 Å². The molecule has 0 radical (unpaired) electrons. The highest BCUT2D eigenvalue weighted by molar-refractivity contribution is 5.94. The number of Topliss-reactive ketones (excluding diaryl/α,β-unsaturated/α-hetero) is 1. The molecule has 13 heavy (non-hydrogen) atoms. The first-order valence-electron chi connectivity index (χ1n) is 3.86. The molecule has 0 bridgehead atoms. The Bertz CT molecular complexity index is 354. The number of aromatic nitrogens is 2. The molecule has 1 rings (SSSR count). The van der Waals surface area contributed by atoms with Crippen LogP contribution in [0.5, 0.6) is 0 Å². The van der Waals surface area contributed by atoms with Crippen LogP contribution in [0.15, 0.2) is 0 Å². The molecule has 0 saturated heterocycles. The lowest BCUT2D eigenvalue weighted by molar-refractivity contribution is -0.114. The first-order chi connectivity index (χ1) is 6.00. The molecule has 70 valence electrons. The number of hydrogen-bond donors (Lipinski definition) is 2. The minimum atomic E-state index is -0.219. The first-order valence-corrected chi connectivity index (χ1v) is 3.86. The summed E-state index contributed by atoms with van der Waals surface area (Å²) >= 11 is 0. The quantitative estimate of drug-likeness (QED) is 0.665. The normalized spacial score (nSPS) is 9.77. The van der Waals surface area contributed by atoms with Gasteiger partial charge in [-0.1, -0.05) is 0 Å². The number of aromatic amines is 1. The van der Waals surface area contributed by atoms with Gasteiger partial charge in [0.2, 0.25) is 11.9 Å². The van der Waals surface area contributed by atoms with E-state index in [0.717, 1.165) is 0 Å². The molecule has 1 aromatic rings. The molecule has 0 atom stereocenters. The summed E-state index contributed by atoms with van der Waals surface area (Å²) in [5.74, 6) is -0.0237. The predicted molar refractivity (Wildman–Crippen MR) is 47.6 cm³/mol. The van der Waals surface area contributed by atoms with Crippen molar-refractivity contribution in [3.63, 3.8) is 0 Å². The summed E-state index contributed by atoms with van der Waals surface area (Å²) in [5, 5.41) is 2.46. The second-order valence-electron chi connectivity index (χ2n) is 2.80. The van der Waals surface area contributed by atoms with E-state index in [9.17, 15) is 9.59 Å². The van der Waals surface area contributed by atoms with Gasteiger partial charge in [-0.05, 0) is 6.92 Å². The Balaban J connectivity index is 2.95. The van der Waals surface area contributed by atoms with E-state index in [-0.39, 0.29) is 11.7 Å². The molecule has 0 aliphatic rings. The zero-order valence-electron chi connectivity index (χ0n) is 7.76. The predicted octanol–water partition coefficient (Wildman–Crippen LogP) is 0.879. The number of carbonyl (C=O) groups is 2. The summed E-state index contributed by atoms with van der Waals surface area (Å²) in [7, 11) is 0. The molecule has 5 nitrogen and oxygen atoms in total. The van der Waals surface area contributed by atoms with Gasteiger partial charge in [0.25, 0.3) is 0 Å². The summed E-state index contributed by atoms with van der Waals surface area (Å²) in [6.07, 6.45) is 0. The lowest BCUT2D eigenvalue weighted by Gasteiger charge is -1.92. The second-order valence-corrected chi connectivity index (χ2v) is 2.80. The van der Waals surface area contributed by atoms with Crippen LogP contribution in [0.1, 0.15) is 30.0 Å². The van der Waals surface area contributed by atoms with Crippen LogP contribution >= 0.6 is 0 Å². The van der Waals surface area contributed by atoms with Crippen molar-refractivity contribution in [2.45, 2.75) is 20.8 Å². The van der Waals surface area contributed by atoms with E-state index < -0.39 is 0 Å². The lowest BCUT2D eigenvalue weighted by atomic mass is 10.3. The maximum Gasteiger partial charge on any atom is 0.223 e. The fourth-order valence-corrected chi connectivity index (χ4v) is 1.03. The fraction of sp³-hybridized carbons (Fsp3) is 0.375. The molecule has 2 N–H and O–H groups in total. The van der Waals surface area contributed by atoms with Crippen LogP contribution in [0.2, 0.25) is 0 Å². The summed E-state index contributed by atoms with van der Waals surface area (Å²) in [4.78, 5) is 28.3. The van der Waals surface area contributed by atoms with Crippen molar-refractivity contribution < 1.29 is 9.59 Å². The summed E-state index contributed by atoms with van der Waals surface area (Å²) < 4.78 is 0. The van der Waals surface area contributed by atoms with Crippen LogP contribution in [-0.4, -0.2) is 21.7 Å². The topological polar surface area (TPSA) is 74.8 Å². The van der Waals surface area contributed by atoms with Gasteiger partial charge in [0.05, 0.1) is 0 Å². The minimum absolute atomic E-state index is 0.120. The second kappa shape index (κ2) is 3.38. The third-order valence-electron chi connectivity index (χ3n) is 1.51. The standard InChI is InChI=1S/C8H11N3O2/c1-4-7(5(2)12)11-8(9-4)10-6(3)13/h1-3H3,(H2,9,10,11,13). The monoisotopic (exact) mass is 181 g/mol. The van der Waals surface area contributed by atoms with Gasteiger partial charge in [0.1, 0.15) is 5.69 Å². The van der Waals surface area contributed by atoms with Crippen molar-refractivity contribution in [1.82, 2.24) is 9.97 Å². The van der Waals surface area contributed by atoms with Crippen LogP contribution in [0.3, 0.4) is 0 Å². The van der Waals surface area contributed by atoms with Crippen molar-refractivity contribution in [2.75, 3.05) is 5.32 Å². The molecule has 0 aromatic carbocycles. The highest BCUT2D eigenvalue weighted by Gasteiger charge is 2.10. The molecule has 0 fully saturated rings. The molecule has 0 unspecified atom stereocenters. The van der Waals surface area contributed by atoms with Crippen LogP contribution in [0.4, 0.5) is 5.95 Å². The number of anilines is 1. The number of nitrogens with zero attached hydrogens (tertiary/aromatic N) is 1. The molecule has 1 amide bonds. The minimum Gasteiger partial charge on any atom is -0.327 e. The molecule has 0 aliphatic carbocycles. The third kappa shape index (κ3) is 2.14. The molecular formula is C8H11N3O2. The van der Waals surface area contributed by atoms with Gasteiger partial charge in [-0.25, -0.2) is 4.98 Å². The number of aryl methyl sites for hydroxylation is 1. The highest BCUT2D eigenvalue weighted by Crippen LogP contribution is 2.08. The van der Waals surface area contributed by atoms with Gasteiger partial charge in [0, 0.05) is 19.5 Å². The SMILES string of the molecule is CC(=O)Nc1nc(C(C)=O)c(C)[nH]1. The van der Waals surface area contributed by atoms with E-state index >= 15 is 0 Å². The molecular weight excluding hydrogens is 170 g/mol. The number of nitrogens with one attached hydrogen (secondary N) is 2. The zero-order valence-corrected chi connectivity index (χ0v) is 7.76. The summed E-state index contributed by atoms with van der Waals surface area (Å²) in [5.41, 5.74) is 1.03. The van der Waals surface area contributed by atoms with Crippen molar-refractivity contribution in [1.29, 1.82) is 0 Å². The maximum absolute atomic E-state index is 11.0. The summed E-state index contributed by atoms with van der Waals surface area (Å²) in [6, 6.07) is 0. The number of imidazole rings is 1. The maximum atomic E-state index is 11.0. The number of hydrogen-bond acceptors (Lipinski definition) is 3. The van der Waals surface area contributed by atoms with E-state index in [2.05, 4.69) is 15.3 Å². The van der Waals surface area contributed by atoms with Crippen molar-refractivity contribution >= 4 is 17.6 Å². The van der Waals surface area contributed by atoms with Crippen molar-refractivity contribution in [2.24, 2.45) is 0 Å². The van der Waals surface area contributed by atoms with E-state index in [1.807, 2.05) is 0 Å². The lowest BCUT2D eigenvalue weighted by Crippen LogP contribution is -2.07. The number of amides is 1. The molecule has 0 aliphatic heterocycles. The Hall–Kier alpha value is -1.65. The molecule has 0 saturated carbocycles. The number of carbonyl (C=O) groups excluding carboxylic acids is 2. The van der Waals surface area contributed by atoms with Crippen LogP contribution in [0.25, 0.3) is 0 Å². The van der Waals surface area contributed by atoms with Gasteiger partial charge in [-0.15, -0.1) is 0 Å². The van der Waals surface area contributed by atoms with Gasteiger partial charge >= 0.3 is 0 Å². The number of rotatable bonds is 2. The average molecular weight is 181 g/mol. The summed E-state index contributed by atoms with van der Waals surface area (Å²) in [6.45, 7) is 4.54. The highest BCUT2D eigenvalue weighted by atomic mass is 16.1. The largest absolute Gasteiger partial charge is 0.327 e. The molecule has 1 heterocycles. The fourth-order valence-electron chi connectivity index (χ4n) is 1.03. The number of ketones is 1. The van der Waals surface area contributed by atoms with E-state index in [0.29, 0.717) is 17.3 Å². The first kappa shape index (κ1) is 9.44. The van der Waals surface area contributed by atoms with Gasteiger partial charge in [-0.2, -0.15) is 0 Å². The van der Waals surface area contributed by atoms with Gasteiger partial charge < -0.3 is 4.98 Å². The smallest absolute Gasteiger partial charge is 0.223 e. The van der Waals surface area contributed by atoms with Crippen LogP contribution < -0.4 is 5.32 Å². The Morgan fingerprint density at radius 2 is 2.00 bits per heavy atom. The third-order valence-corrected chi connectivity index (χ3v) is 1.51. The Morgan fingerprint density at radius 3 is 2.38 bits per heavy atom. The van der Waals surface area contributed by atoms with Gasteiger partial charge in [0.15, 0.2) is 5.78 Å². The average Bonchev–Trinajstić information content (AvgIpc) is 2.29. The zero-order chi connectivity index (χ0) is 10.0. The Kier molecular flexibility index (Phi) is 2.46. The number of H-pyrrole nitrogens is 1. The van der Waals surface area contributed by atoms with E-state index in [4.69, 9.17) is 0 Å². The Morgan fingerprint density at radius 1 is 1.38 bits per heavy atom. The van der Waals surface area contributed by atoms with Crippen LogP contribution in [-0.2, 0) is 4.79 Å². The van der Waals surface area contributed by atoms with Crippen LogP contribution in [0, 0.1) is 6.92 Å². The molecule has 5 heteroatoms. The van der Waals surface area contributed by atoms with Gasteiger partial charge in [-0.3, -0.25) is 14.9 Å².